The standard InChI is InChI=1S/C32H37N7O/c1-5-34-32(40)35-26-15-13-25(14-16-26)30-28(21-39(6-2)37-30)22(3)27-19-29(36-31(27)33-4)24-11-9-23(10-12-24)20-38-17-7-8-18-38/h9-16,19,21,36H,3-8,17-18,20H2,1-2H3,(H2,34,35,40). The van der Waals surface area contributed by atoms with Gasteiger partial charge in [0.2, 0.25) is 0 Å². The summed E-state index contributed by atoms with van der Waals surface area (Å²) < 4.78 is 1.91. The van der Waals surface area contributed by atoms with E-state index >= 15 is 0 Å². The number of nitrogens with zero attached hydrogens (tertiary/aromatic N) is 4. The van der Waals surface area contributed by atoms with Crippen LogP contribution >= 0.6 is 0 Å². The molecule has 3 heterocycles. The summed E-state index contributed by atoms with van der Waals surface area (Å²) in [6.45, 7) is 16.9. The number of likely N-dealkylation sites (tertiary alicyclic amines) is 1. The number of anilines is 1. The van der Waals surface area contributed by atoms with Crippen LogP contribution in [0.1, 0.15) is 43.4 Å². The first-order valence-corrected chi connectivity index (χ1v) is 13.9. The number of amides is 2. The fraction of sp³-hybridized carbons (Fsp3) is 0.281. The summed E-state index contributed by atoms with van der Waals surface area (Å²) >= 11 is 0. The molecule has 2 aromatic heterocycles. The topological polar surface area (TPSA) is 90.3 Å². The van der Waals surface area contributed by atoms with Gasteiger partial charge in [0.25, 0.3) is 0 Å². The number of carbonyl (C=O) groups excluding carboxylic acids is 1. The lowest BCUT2D eigenvalue weighted by Crippen LogP contribution is -2.28. The van der Waals surface area contributed by atoms with Gasteiger partial charge in [0.15, 0.2) is 0 Å². The summed E-state index contributed by atoms with van der Waals surface area (Å²) in [6, 6.07) is 18.3. The van der Waals surface area contributed by atoms with Crippen LogP contribution in [0.25, 0.3) is 28.1 Å². The Labute approximate surface area is 235 Å². The molecule has 0 radical (unpaired) electrons. The van der Waals surface area contributed by atoms with Crippen molar-refractivity contribution in [2.75, 3.05) is 25.0 Å². The number of hydrogen-bond acceptors (Lipinski definition) is 4. The molecule has 0 unspecified atom stereocenters. The van der Waals surface area contributed by atoms with Crippen LogP contribution in [0.3, 0.4) is 0 Å². The number of urea groups is 1. The number of hydrogen-bond donors (Lipinski definition) is 3. The molecule has 40 heavy (non-hydrogen) atoms. The van der Waals surface area contributed by atoms with Crippen LogP contribution in [0.5, 0.6) is 0 Å². The molecule has 1 saturated heterocycles. The molecule has 0 bridgehead atoms. The highest BCUT2D eigenvalue weighted by Crippen LogP contribution is 2.38. The van der Waals surface area contributed by atoms with E-state index in [-0.39, 0.29) is 6.03 Å². The van der Waals surface area contributed by atoms with Crippen LogP contribution in [0.4, 0.5) is 16.3 Å². The van der Waals surface area contributed by atoms with Gasteiger partial charge >= 0.3 is 6.03 Å². The van der Waals surface area contributed by atoms with Gasteiger partial charge in [0.1, 0.15) is 11.5 Å². The second-order valence-corrected chi connectivity index (χ2v) is 10.1. The van der Waals surface area contributed by atoms with Crippen LogP contribution in [0.2, 0.25) is 0 Å². The predicted octanol–water partition coefficient (Wildman–Crippen LogP) is 6.70. The Balaban J connectivity index is 1.40. The third-order valence-corrected chi connectivity index (χ3v) is 7.31. The second kappa shape index (κ2) is 12.2. The van der Waals surface area contributed by atoms with Gasteiger partial charge < -0.3 is 15.6 Å². The van der Waals surface area contributed by atoms with E-state index in [1.54, 1.807) is 0 Å². The maximum absolute atomic E-state index is 11.9. The molecule has 1 aliphatic rings. The third kappa shape index (κ3) is 5.92. The van der Waals surface area contributed by atoms with Gasteiger partial charge in [-0.15, -0.1) is 0 Å². The van der Waals surface area contributed by atoms with E-state index in [0.717, 1.165) is 52.3 Å². The largest absolute Gasteiger partial charge is 0.339 e. The van der Waals surface area contributed by atoms with E-state index < -0.39 is 0 Å². The lowest BCUT2D eigenvalue weighted by atomic mass is 9.97. The summed E-state index contributed by atoms with van der Waals surface area (Å²) in [5.74, 6) is 0.679. The monoisotopic (exact) mass is 535 g/mol. The summed E-state index contributed by atoms with van der Waals surface area (Å²) in [6.07, 6.45) is 4.61. The Morgan fingerprint density at radius 1 is 1.02 bits per heavy atom. The minimum Gasteiger partial charge on any atom is -0.339 e. The number of H-pyrrole nitrogens is 1. The fourth-order valence-corrected chi connectivity index (χ4v) is 5.15. The summed E-state index contributed by atoms with van der Waals surface area (Å²) in [4.78, 5) is 22.1. The highest BCUT2D eigenvalue weighted by Gasteiger charge is 2.20. The van der Waals surface area contributed by atoms with Crippen molar-refractivity contribution in [3.05, 3.63) is 84.1 Å². The summed E-state index contributed by atoms with van der Waals surface area (Å²) in [5.41, 5.74) is 8.47. The van der Waals surface area contributed by atoms with Crippen molar-refractivity contribution < 1.29 is 4.79 Å². The summed E-state index contributed by atoms with van der Waals surface area (Å²) in [7, 11) is 0. The van der Waals surface area contributed by atoms with Gasteiger partial charge in [-0.3, -0.25) is 9.58 Å². The number of benzene rings is 2. The zero-order valence-corrected chi connectivity index (χ0v) is 23.3. The number of carbonyl (C=O) groups is 1. The molecule has 8 heteroatoms. The van der Waals surface area contributed by atoms with Crippen LogP contribution in [-0.2, 0) is 13.1 Å². The van der Waals surface area contributed by atoms with Gasteiger partial charge in [-0.1, -0.05) is 43.0 Å². The van der Waals surface area contributed by atoms with Gasteiger partial charge in [-0.2, -0.15) is 5.10 Å². The van der Waals surface area contributed by atoms with E-state index in [1.807, 2.05) is 42.1 Å². The molecular weight excluding hydrogens is 498 g/mol. The first kappa shape index (κ1) is 27.1. The Bertz CT molecular complexity index is 1490. The molecule has 4 aromatic rings. The zero-order valence-electron chi connectivity index (χ0n) is 23.3. The van der Waals surface area contributed by atoms with Crippen LogP contribution in [0, 0.1) is 0 Å². The Morgan fingerprint density at radius 3 is 2.38 bits per heavy atom. The molecule has 0 aliphatic carbocycles. The van der Waals surface area contributed by atoms with E-state index in [0.29, 0.717) is 18.1 Å². The average molecular weight is 536 g/mol. The molecule has 0 saturated carbocycles. The van der Waals surface area contributed by atoms with E-state index in [9.17, 15) is 4.79 Å². The molecule has 8 nitrogen and oxygen atoms in total. The van der Waals surface area contributed by atoms with Gasteiger partial charge in [-0.25, -0.2) is 9.79 Å². The maximum Gasteiger partial charge on any atom is 0.319 e. The van der Waals surface area contributed by atoms with Crippen molar-refractivity contribution in [1.82, 2.24) is 25.0 Å². The smallest absolute Gasteiger partial charge is 0.319 e. The Kier molecular flexibility index (Phi) is 8.26. The van der Waals surface area contributed by atoms with E-state index in [2.05, 4.69) is 76.1 Å². The summed E-state index contributed by atoms with van der Waals surface area (Å²) in [5, 5.41) is 10.4. The molecule has 0 spiro atoms. The zero-order chi connectivity index (χ0) is 28.1. The number of nitrogens with one attached hydrogen (secondary N) is 3. The maximum atomic E-state index is 11.9. The molecule has 1 fully saturated rings. The van der Waals surface area contributed by atoms with Crippen LogP contribution in [-0.4, -0.2) is 52.0 Å². The first-order valence-electron chi connectivity index (χ1n) is 13.9. The van der Waals surface area contributed by atoms with Crippen molar-refractivity contribution >= 4 is 29.8 Å². The molecule has 2 amide bonds. The van der Waals surface area contributed by atoms with E-state index in [4.69, 9.17) is 5.10 Å². The van der Waals surface area contributed by atoms with Gasteiger partial charge in [0.05, 0.1) is 0 Å². The van der Waals surface area contributed by atoms with Crippen LogP contribution in [0.15, 0.2) is 72.4 Å². The normalized spacial score (nSPS) is 13.3. The minimum absolute atomic E-state index is 0.228. The number of aromatic amines is 1. The van der Waals surface area contributed by atoms with Crippen molar-refractivity contribution in [3.8, 4) is 22.5 Å². The number of aryl methyl sites for hydroxylation is 1. The number of aromatic nitrogens is 3. The SMILES string of the molecule is C=Nc1[nH]c(-c2ccc(CN3CCCC3)cc2)cc1C(=C)c1cn(CC)nc1-c1ccc(NC(=O)NCC)cc1. The van der Waals surface area contributed by atoms with Crippen molar-refractivity contribution in [1.29, 1.82) is 0 Å². The lowest BCUT2D eigenvalue weighted by molar-refractivity contribution is 0.252. The molecule has 3 N–H and O–H groups in total. The molecule has 5 rings (SSSR count). The number of aliphatic imine (C=N–C) groups is 1. The van der Waals surface area contributed by atoms with Gasteiger partial charge in [-0.05, 0) is 81.4 Å². The van der Waals surface area contributed by atoms with E-state index in [1.165, 1.54) is 31.5 Å². The first-order chi connectivity index (χ1) is 19.5. The molecule has 0 atom stereocenters. The fourth-order valence-electron chi connectivity index (χ4n) is 5.15. The Morgan fingerprint density at radius 2 is 1.73 bits per heavy atom. The van der Waals surface area contributed by atoms with Crippen LogP contribution < -0.4 is 10.6 Å². The molecular formula is C32H37N7O. The molecule has 206 valence electrons. The van der Waals surface area contributed by atoms with Gasteiger partial charge in [0, 0.05) is 53.9 Å². The minimum atomic E-state index is -0.228. The second-order valence-electron chi connectivity index (χ2n) is 10.1. The lowest BCUT2D eigenvalue weighted by Gasteiger charge is -2.14. The number of rotatable bonds is 10. The Hall–Kier alpha value is -4.43. The highest BCUT2D eigenvalue weighted by atomic mass is 16.2. The van der Waals surface area contributed by atoms with Crippen molar-refractivity contribution in [2.45, 2.75) is 39.8 Å². The quantitative estimate of drug-likeness (QED) is 0.198. The molecule has 1 aliphatic heterocycles. The predicted molar refractivity (Wildman–Crippen MR) is 164 cm³/mol. The van der Waals surface area contributed by atoms with Crippen molar-refractivity contribution in [2.24, 2.45) is 4.99 Å². The average Bonchev–Trinajstić information content (AvgIpc) is 3.73. The van der Waals surface area contributed by atoms with Crippen molar-refractivity contribution in [3.63, 3.8) is 0 Å². The molecule has 2 aromatic carbocycles. The highest BCUT2D eigenvalue weighted by molar-refractivity contribution is 5.92. The third-order valence-electron chi connectivity index (χ3n) is 7.31.